The van der Waals surface area contributed by atoms with E-state index in [4.69, 9.17) is 0 Å². The van der Waals surface area contributed by atoms with Gasteiger partial charge in [0, 0.05) is 12.1 Å². The van der Waals surface area contributed by atoms with Gasteiger partial charge in [-0.1, -0.05) is 11.8 Å². The fourth-order valence-corrected chi connectivity index (χ4v) is 3.44. The number of benzene rings is 2. The van der Waals surface area contributed by atoms with Crippen molar-refractivity contribution in [2.45, 2.75) is 9.79 Å². The minimum atomic E-state index is -1.51. The highest BCUT2D eigenvalue weighted by molar-refractivity contribution is 7.99. The predicted octanol–water partition coefficient (Wildman–Crippen LogP) is 3.35. The Bertz CT molecular complexity index is 1110. The number of nitro groups is 6. The molecule has 1 atom stereocenters. The van der Waals surface area contributed by atoms with Crippen molar-refractivity contribution in [3.63, 3.8) is 0 Å². The molecule has 0 amide bonds. The summed E-state index contributed by atoms with van der Waals surface area (Å²) in [6.07, 6.45) is 0. The molecular weight excluding hydrogens is 483 g/mol. The topological polar surface area (TPSA) is 259 Å². The van der Waals surface area contributed by atoms with E-state index in [-0.39, 0.29) is 21.7 Å². The normalized spacial score (nSPS) is 10.0. The molecule has 0 aliphatic heterocycles. The van der Waals surface area contributed by atoms with E-state index in [1.54, 1.807) is 0 Å². The van der Waals surface area contributed by atoms with Crippen LogP contribution in [-0.2, 0) is 0 Å². The lowest BCUT2D eigenvalue weighted by atomic mass is 10.2. The lowest BCUT2D eigenvalue weighted by Gasteiger charge is -2.05. The van der Waals surface area contributed by atoms with Crippen LogP contribution in [0.2, 0.25) is 0 Å². The lowest BCUT2D eigenvalue weighted by Crippen LogP contribution is -2.04. The molecule has 0 heterocycles. The Morgan fingerprint density at radius 2 is 0.750 bits per heavy atom. The fraction of sp³-hybridized carbons (Fsp3) is 0. The fourth-order valence-electron chi connectivity index (χ4n) is 2.39. The first-order valence-electron chi connectivity index (χ1n) is 7.26. The van der Waals surface area contributed by atoms with E-state index in [1.165, 1.54) is 0 Å². The summed E-state index contributed by atoms with van der Waals surface area (Å²) in [6.45, 7) is 0. The van der Waals surface area contributed by atoms with Gasteiger partial charge in [0.15, 0.2) is 0 Å². The van der Waals surface area contributed by atoms with Crippen LogP contribution in [0.4, 0.5) is 34.1 Å². The zero-order valence-corrected chi connectivity index (χ0v) is 17.2. The highest BCUT2D eigenvalue weighted by atomic mass is 32.2. The second-order valence-corrected chi connectivity index (χ2v) is 6.29. The maximum atomic E-state index is 11.4. The average Bonchev–Trinajstić information content (AvgIpc) is 2.65. The molecule has 0 N–H and O–H groups in total. The van der Waals surface area contributed by atoms with E-state index >= 15 is 0 Å². The van der Waals surface area contributed by atoms with Gasteiger partial charge in [-0.25, -0.2) is 0 Å². The molecule has 0 aliphatic carbocycles. The molecule has 20 heteroatoms. The van der Waals surface area contributed by atoms with Crippen LogP contribution in [0.1, 0.15) is 0 Å². The summed E-state index contributed by atoms with van der Waals surface area (Å²) in [7, 11) is 0. The SMILES string of the molecule is O=[N+]([O-])c1ccc(Sc2ccc([N+](=O)[O-])c([N+](=O)[O-])c2[N+](=O)[O-])c([N+](=O)[O-])c1[N+](=O)[O-].P. The molecule has 0 aromatic heterocycles. The molecule has 0 radical (unpaired) electrons. The van der Waals surface area contributed by atoms with E-state index < -0.39 is 73.5 Å². The molecule has 168 valence electrons. The summed E-state index contributed by atoms with van der Waals surface area (Å²) in [5, 5.41) is 67.1. The Balaban J connectivity index is 0.00000512. The molecule has 2 aromatic carbocycles. The molecule has 32 heavy (non-hydrogen) atoms. The number of hydrogen-bond acceptors (Lipinski definition) is 13. The van der Waals surface area contributed by atoms with Crippen molar-refractivity contribution in [2.24, 2.45) is 0 Å². The number of hydrogen-bond donors (Lipinski definition) is 0. The van der Waals surface area contributed by atoms with Crippen molar-refractivity contribution >= 4 is 55.8 Å². The van der Waals surface area contributed by atoms with Crippen molar-refractivity contribution in [3.8, 4) is 0 Å². The van der Waals surface area contributed by atoms with Gasteiger partial charge in [-0.3, -0.25) is 60.7 Å². The summed E-state index contributed by atoms with van der Waals surface area (Å²) < 4.78 is 0. The number of nitro benzene ring substituents is 6. The third kappa shape index (κ3) is 4.68. The summed E-state index contributed by atoms with van der Waals surface area (Å²) in [5.41, 5.74) is -8.27. The molecule has 0 spiro atoms. The molecular formula is C12H7N6O12PS. The third-order valence-electron chi connectivity index (χ3n) is 3.53. The van der Waals surface area contributed by atoms with E-state index in [0.29, 0.717) is 24.3 Å². The Morgan fingerprint density at radius 3 is 0.969 bits per heavy atom. The smallest absolute Gasteiger partial charge is 0.258 e. The van der Waals surface area contributed by atoms with Gasteiger partial charge in [-0.05, 0) is 12.1 Å². The van der Waals surface area contributed by atoms with E-state index in [0.717, 1.165) is 0 Å². The summed E-state index contributed by atoms with van der Waals surface area (Å²) in [4.78, 5) is 57.8. The first kappa shape index (κ1) is 25.7. The van der Waals surface area contributed by atoms with Crippen LogP contribution in [-0.4, -0.2) is 29.5 Å². The van der Waals surface area contributed by atoms with Gasteiger partial charge in [0.25, 0.3) is 0 Å². The maximum absolute atomic E-state index is 11.4. The van der Waals surface area contributed by atoms with Crippen molar-refractivity contribution in [2.75, 3.05) is 0 Å². The van der Waals surface area contributed by atoms with Crippen molar-refractivity contribution in [1.82, 2.24) is 0 Å². The highest BCUT2D eigenvalue weighted by Crippen LogP contribution is 2.49. The summed E-state index contributed by atoms with van der Waals surface area (Å²) in [5.74, 6) is 0. The molecule has 0 fully saturated rings. The Hall–Kier alpha value is -4.38. The summed E-state index contributed by atoms with van der Waals surface area (Å²) in [6, 6.07) is 2.45. The first-order chi connectivity index (χ1) is 14.4. The summed E-state index contributed by atoms with van der Waals surface area (Å²) >= 11 is 0.0641. The van der Waals surface area contributed by atoms with Gasteiger partial charge < -0.3 is 0 Å². The zero-order chi connectivity index (χ0) is 23.6. The molecule has 0 saturated heterocycles. The minimum Gasteiger partial charge on any atom is -0.258 e. The van der Waals surface area contributed by atoms with Gasteiger partial charge in [-0.2, -0.15) is 9.90 Å². The number of rotatable bonds is 8. The van der Waals surface area contributed by atoms with Crippen molar-refractivity contribution < 1.29 is 29.5 Å². The molecule has 2 aromatic rings. The van der Waals surface area contributed by atoms with Gasteiger partial charge in [-0.15, -0.1) is 0 Å². The van der Waals surface area contributed by atoms with Crippen LogP contribution in [0.25, 0.3) is 0 Å². The predicted molar refractivity (Wildman–Crippen MR) is 108 cm³/mol. The Morgan fingerprint density at radius 1 is 0.469 bits per heavy atom. The molecule has 2 rings (SSSR count). The average molecular weight is 490 g/mol. The molecule has 1 unspecified atom stereocenters. The van der Waals surface area contributed by atoms with Crippen LogP contribution >= 0.6 is 21.7 Å². The molecule has 0 bridgehead atoms. The van der Waals surface area contributed by atoms with E-state index in [9.17, 15) is 60.7 Å². The van der Waals surface area contributed by atoms with Gasteiger partial charge in [0.05, 0.1) is 39.3 Å². The largest absolute Gasteiger partial charge is 0.423 e. The maximum Gasteiger partial charge on any atom is 0.423 e. The van der Waals surface area contributed by atoms with Gasteiger partial charge >= 0.3 is 34.1 Å². The number of nitrogens with zero attached hydrogens (tertiary/aromatic N) is 6. The van der Waals surface area contributed by atoms with Crippen molar-refractivity contribution in [3.05, 3.63) is 85.0 Å². The van der Waals surface area contributed by atoms with Crippen LogP contribution < -0.4 is 0 Å². The van der Waals surface area contributed by atoms with E-state index in [2.05, 4.69) is 0 Å². The second-order valence-electron chi connectivity index (χ2n) is 5.20. The van der Waals surface area contributed by atoms with Crippen LogP contribution in [0, 0.1) is 60.7 Å². The van der Waals surface area contributed by atoms with Crippen LogP contribution in [0.5, 0.6) is 0 Å². The van der Waals surface area contributed by atoms with Crippen LogP contribution in [0.15, 0.2) is 34.1 Å². The van der Waals surface area contributed by atoms with Crippen LogP contribution in [0.3, 0.4) is 0 Å². The molecule has 18 nitrogen and oxygen atoms in total. The first-order valence-corrected chi connectivity index (χ1v) is 8.08. The standard InChI is InChI=1S/C12H4N6O12S.H3P/c19-13(20)5-1-3-7(11(17(27)28)9(5)15(23)24)31-8-4-2-6(14(21)22)10(16(25)26)12(8)18(29)30;/h1-4H;1H3. The quantitative estimate of drug-likeness (QED) is 0.292. The lowest BCUT2D eigenvalue weighted by molar-refractivity contribution is -0.442. The second kappa shape index (κ2) is 9.62. The van der Waals surface area contributed by atoms with Crippen molar-refractivity contribution in [1.29, 1.82) is 0 Å². The Kier molecular flexibility index (Phi) is 7.71. The van der Waals surface area contributed by atoms with Gasteiger partial charge in [0.1, 0.15) is 0 Å². The zero-order valence-electron chi connectivity index (χ0n) is 15.0. The molecule has 0 aliphatic rings. The van der Waals surface area contributed by atoms with E-state index in [1.807, 2.05) is 0 Å². The minimum absolute atomic E-state index is 0. The molecule has 0 saturated carbocycles. The van der Waals surface area contributed by atoms with Gasteiger partial charge in [0.2, 0.25) is 0 Å². The highest BCUT2D eigenvalue weighted by Gasteiger charge is 2.42. The monoisotopic (exact) mass is 490 g/mol. The Labute approximate surface area is 180 Å². The third-order valence-corrected chi connectivity index (χ3v) is 4.63.